The van der Waals surface area contributed by atoms with Crippen LogP contribution in [-0.4, -0.2) is 15.7 Å². The largest absolute Gasteiger partial charge is 0.457 e. The predicted octanol–water partition coefficient (Wildman–Crippen LogP) is 4.72. The summed E-state index contributed by atoms with van der Waals surface area (Å²) in [6, 6.07) is 13.2. The maximum absolute atomic E-state index is 12.8. The van der Waals surface area contributed by atoms with Gasteiger partial charge in [-0.1, -0.05) is 25.1 Å². The van der Waals surface area contributed by atoms with Crippen molar-refractivity contribution >= 4 is 5.91 Å². The van der Waals surface area contributed by atoms with Crippen molar-refractivity contribution in [2.75, 3.05) is 0 Å². The number of amides is 1. The van der Waals surface area contributed by atoms with Gasteiger partial charge in [-0.15, -0.1) is 0 Å². The van der Waals surface area contributed by atoms with E-state index in [1.165, 1.54) is 16.8 Å². The summed E-state index contributed by atoms with van der Waals surface area (Å²) in [5.41, 5.74) is 1.26. The fraction of sp³-hybridized carbons (Fsp3) is 0.238. The van der Waals surface area contributed by atoms with Crippen LogP contribution in [0.4, 0.5) is 13.2 Å². The Morgan fingerprint density at radius 3 is 2.45 bits per heavy atom. The smallest absolute Gasteiger partial charge is 0.416 e. The van der Waals surface area contributed by atoms with Crippen molar-refractivity contribution in [3.8, 4) is 11.5 Å². The molecule has 29 heavy (non-hydrogen) atoms. The number of aryl methyl sites for hydroxylation is 2. The van der Waals surface area contributed by atoms with E-state index in [9.17, 15) is 18.0 Å². The topological polar surface area (TPSA) is 56.1 Å². The summed E-state index contributed by atoms with van der Waals surface area (Å²) < 4.78 is 45.6. The molecule has 5 nitrogen and oxygen atoms in total. The zero-order chi connectivity index (χ0) is 21.0. The molecule has 0 aliphatic carbocycles. The van der Waals surface area contributed by atoms with E-state index >= 15 is 0 Å². The number of nitrogens with zero attached hydrogens (tertiary/aromatic N) is 2. The summed E-state index contributed by atoms with van der Waals surface area (Å²) in [6.45, 7) is 2.20. The van der Waals surface area contributed by atoms with Gasteiger partial charge in [-0.2, -0.15) is 18.3 Å². The van der Waals surface area contributed by atoms with Gasteiger partial charge in [-0.05, 0) is 48.4 Å². The van der Waals surface area contributed by atoms with E-state index in [1.807, 2.05) is 6.92 Å². The van der Waals surface area contributed by atoms with Gasteiger partial charge in [0.1, 0.15) is 17.2 Å². The van der Waals surface area contributed by atoms with Gasteiger partial charge in [-0.3, -0.25) is 9.48 Å². The number of aromatic nitrogens is 2. The zero-order valence-electron chi connectivity index (χ0n) is 16.0. The Hall–Kier alpha value is -3.29. The molecule has 0 atom stereocenters. The molecular formula is C21H20F3N3O2. The summed E-state index contributed by atoms with van der Waals surface area (Å²) >= 11 is 0. The third kappa shape index (κ3) is 5.16. The molecule has 0 aliphatic rings. The van der Waals surface area contributed by atoms with Crippen LogP contribution < -0.4 is 10.1 Å². The Labute approximate surface area is 166 Å². The molecule has 0 bridgehead atoms. The number of alkyl halides is 3. The van der Waals surface area contributed by atoms with Crippen LogP contribution in [0, 0.1) is 0 Å². The third-order valence-electron chi connectivity index (χ3n) is 4.27. The summed E-state index contributed by atoms with van der Waals surface area (Å²) in [6.07, 6.45) is -3.70. The quantitative estimate of drug-likeness (QED) is 0.648. The summed E-state index contributed by atoms with van der Waals surface area (Å²) in [5, 5.41) is 7.06. The van der Waals surface area contributed by atoms with Gasteiger partial charge in [0.05, 0.1) is 11.3 Å². The first-order valence-electron chi connectivity index (χ1n) is 9.01. The van der Waals surface area contributed by atoms with Gasteiger partial charge in [0, 0.05) is 13.6 Å². The van der Waals surface area contributed by atoms with Crippen molar-refractivity contribution in [3.05, 3.63) is 77.1 Å². The van der Waals surface area contributed by atoms with Crippen LogP contribution in [0.25, 0.3) is 0 Å². The Morgan fingerprint density at radius 2 is 1.79 bits per heavy atom. The van der Waals surface area contributed by atoms with Crippen LogP contribution >= 0.6 is 0 Å². The number of hydrogen-bond donors (Lipinski definition) is 1. The fourth-order valence-corrected chi connectivity index (χ4v) is 2.78. The maximum Gasteiger partial charge on any atom is 0.416 e. The molecule has 1 heterocycles. The van der Waals surface area contributed by atoms with E-state index in [1.54, 1.807) is 37.4 Å². The van der Waals surface area contributed by atoms with Crippen LogP contribution in [0.2, 0.25) is 0 Å². The van der Waals surface area contributed by atoms with Crippen molar-refractivity contribution in [3.63, 3.8) is 0 Å². The summed E-state index contributed by atoms with van der Waals surface area (Å²) in [4.78, 5) is 12.4. The van der Waals surface area contributed by atoms with Crippen LogP contribution in [0.5, 0.6) is 11.5 Å². The number of nitrogens with one attached hydrogen (secondary N) is 1. The van der Waals surface area contributed by atoms with Crippen molar-refractivity contribution in [1.29, 1.82) is 0 Å². The van der Waals surface area contributed by atoms with Crippen molar-refractivity contribution in [2.45, 2.75) is 26.1 Å². The SMILES string of the molecule is CCc1cc(C(=O)NCc2cccc(Oc3cccc(C(F)(F)F)c3)c2)n(C)n1. The van der Waals surface area contributed by atoms with Crippen LogP contribution in [0.15, 0.2) is 54.6 Å². The van der Waals surface area contributed by atoms with Gasteiger partial charge in [0.15, 0.2) is 0 Å². The second-order valence-corrected chi connectivity index (χ2v) is 6.46. The molecule has 3 rings (SSSR count). The van der Waals surface area contributed by atoms with Crippen molar-refractivity contribution in [1.82, 2.24) is 15.1 Å². The van der Waals surface area contributed by atoms with Gasteiger partial charge < -0.3 is 10.1 Å². The zero-order valence-corrected chi connectivity index (χ0v) is 16.0. The standard InChI is InChI=1S/C21H20F3N3O2/c1-3-16-12-19(27(2)26-16)20(28)25-13-14-6-4-8-17(10-14)29-18-9-5-7-15(11-18)21(22,23)24/h4-12H,3,13H2,1-2H3,(H,25,28). The minimum absolute atomic E-state index is 0.0861. The lowest BCUT2D eigenvalue weighted by atomic mass is 10.2. The molecule has 3 aromatic rings. The molecule has 0 aliphatic heterocycles. The number of carbonyl (C=O) groups is 1. The highest BCUT2D eigenvalue weighted by Crippen LogP contribution is 2.32. The number of benzene rings is 2. The Balaban J connectivity index is 1.67. The molecule has 1 N–H and O–H groups in total. The third-order valence-corrected chi connectivity index (χ3v) is 4.27. The normalized spacial score (nSPS) is 11.3. The van der Waals surface area contributed by atoms with Crippen molar-refractivity contribution < 1.29 is 22.7 Å². The number of carbonyl (C=O) groups excluding carboxylic acids is 1. The molecule has 0 fully saturated rings. The lowest BCUT2D eigenvalue weighted by molar-refractivity contribution is -0.137. The fourth-order valence-electron chi connectivity index (χ4n) is 2.78. The van der Waals surface area contributed by atoms with Gasteiger partial charge in [0.25, 0.3) is 5.91 Å². The molecule has 152 valence electrons. The first-order valence-corrected chi connectivity index (χ1v) is 9.01. The van der Waals surface area contributed by atoms with Crippen LogP contribution in [0.3, 0.4) is 0 Å². The first kappa shape index (κ1) is 20.4. The number of halogens is 3. The van der Waals surface area contributed by atoms with Crippen LogP contribution in [-0.2, 0) is 26.2 Å². The Morgan fingerprint density at radius 1 is 1.10 bits per heavy atom. The molecule has 2 aromatic carbocycles. The van der Waals surface area contributed by atoms with E-state index < -0.39 is 11.7 Å². The highest BCUT2D eigenvalue weighted by Gasteiger charge is 2.30. The molecule has 0 saturated heterocycles. The molecule has 0 spiro atoms. The van der Waals surface area contributed by atoms with Gasteiger partial charge in [-0.25, -0.2) is 0 Å². The maximum atomic E-state index is 12.8. The Kier molecular flexibility index (Phi) is 5.91. The van der Waals surface area contributed by atoms with Crippen molar-refractivity contribution in [2.24, 2.45) is 7.05 Å². The minimum Gasteiger partial charge on any atom is -0.457 e. The molecule has 8 heteroatoms. The highest BCUT2D eigenvalue weighted by atomic mass is 19.4. The molecule has 1 amide bonds. The average Bonchev–Trinajstić information content (AvgIpc) is 3.07. The van der Waals surface area contributed by atoms with E-state index in [0.29, 0.717) is 11.4 Å². The monoisotopic (exact) mass is 403 g/mol. The lowest BCUT2D eigenvalue weighted by Gasteiger charge is -2.11. The van der Waals surface area contributed by atoms with Gasteiger partial charge >= 0.3 is 6.18 Å². The second kappa shape index (κ2) is 8.38. The predicted molar refractivity (Wildman–Crippen MR) is 102 cm³/mol. The first-order chi connectivity index (χ1) is 13.8. The number of rotatable bonds is 6. The molecule has 1 aromatic heterocycles. The molecule has 0 saturated carbocycles. The summed E-state index contributed by atoms with van der Waals surface area (Å²) in [7, 11) is 1.71. The van der Waals surface area contributed by atoms with E-state index in [4.69, 9.17) is 4.74 Å². The van der Waals surface area contributed by atoms with E-state index in [-0.39, 0.29) is 18.2 Å². The number of ether oxygens (including phenoxy) is 1. The van der Waals surface area contributed by atoms with E-state index in [0.717, 1.165) is 29.8 Å². The van der Waals surface area contributed by atoms with Gasteiger partial charge in [0.2, 0.25) is 0 Å². The highest BCUT2D eigenvalue weighted by molar-refractivity contribution is 5.92. The lowest BCUT2D eigenvalue weighted by Crippen LogP contribution is -2.25. The summed E-state index contributed by atoms with van der Waals surface area (Å²) in [5.74, 6) is 0.205. The van der Waals surface area contributed by atoms with E-state index in [2.05, 4.69) is 10.4 Å². The minimum atomic E-state index is -4.44. The average molecular weight is 403 g/mol. The second-order valence-electron chi connectivity index (χ2n) is 6.46. The number of hydrogen-bond acceptors (Lipinski definition) is 3. The molecule has 0 unspecified atom stereocenters. The molecule has 0 radical (unpaired) electrons. The van der Waals surface area contributed by atoms with Crippen LogP contribution in [0.1, 0.15) is 34.2 Å². The molecular weight excluding hydrogens is 383 g/mol. The Bertz CT molecular complexity index is 1010.